The molecule has 0 atom stereocenters. The van der Waals surface area contributed by atoms with Crippen LogP contribution in [0.1, 0.15) is 5.56 Å². The zero-order chi connectivity index (χ0) is 15.4. The number of benzene rings is 2. The zero-order valence-electron chi connectivity index (χ0n) is 10.9. The normalized spacial score (nSPS) is 9.76. The number of methoxy groups -OCH3 is 1. The molecule has 6 nitrogen and oxygen atoms in total. The number of hydrogen-bond donors (Lipinski definition) is 0. The van der Waals surface area contributed by atoms with Gasteiger partial charge in [0.15, 0.2) is 0 Å². The van der Waals surface area contributed by atoms with Crippen molar-refractivity contribution in [1.29, 1.82) is 5.26 Å². The zero-order valence-corrected chi connectivity index (χ0v) is 10.9. The van der Waals surface area contributed by atoms with Gasteiger partial charge in [0.25, 0.3) is 0 Å². The Morgan fingerprint density at radius 1 is 1.29 bits per heavy atom. The Bertz CT molecular complexity index is 740. The first kappa shape index (κ1) is 14.3. The quantitative estimate of drug-likeness (QED) is 0.635. The minimum absolute atomic E-state index is 0.139. The third-order valence-electron chi connectivity index (χ3n) is 2.60. The highest BCUT2D eigenvalue weighted by atomic mass is 19.1. The minimum atomic E-state index is -0.999. The van der Waals surface area contributed by atoms with Gasteiger partial charge < -0.3 is 9.47 Å². The molecular formula is C14H9FN2O4. The number of hydrogen-bond acceptors (Lipinski definition) is 5. The van der Waals surface area contributed by atoms with Gasteiger partial charge in [-0.25, -0.2) is 0 Å². The van der Waals surface area contributed by atoms with Gasteiger partial charge in [0.05, 0.1) is 23.7 Å². The van der Waals surface area contributed by atoms with Gasteiger partial charge in [-0.2, -0.15) is 9.65 Å². The summed E-state index contributed by atoms with van der Waals surface area (Å²) in [7, 11) is 1.41. The molecule has 7 heteroatoms. The fourth-order valence-electron chi connectivity index (χ4n) is 1.70. The van der Waals surface area contributed by atoms with Crippen molar-refractivity contribution in [3.63, 3.8) is 0 Å². The Morgan fingerprint density at radius 3 is 2.62 bits per heavy atom. The second-order valence-electron chi connectivity index (χ2n) is 3.95. The summed E-state index contributed by atoms with van der Waals surface area (Å²) >= 11 is 0. The van der Waals surface area contributed by atoms with E-state index in [0.29, 0.717) is 5.75 Å². The van der Waals surface area contributed by atoms with Crippen LogP contribution in [0.25, 0.3) is 0 Å². The first-order chi connectivity index (χ1) is 10.0. The summed E-state index contributed by atoms with van der Waals surface area (Å²) in [4.78, 5) is 10.0. The van der Waals surface area contributed by atoms with Crippen molar-refractivity contribution in [1.82, 2.24) is 0 Å². The summed E-state index contributed by atoms with van der Waals surface area (Å²) in [5.74, 6) is -0.763. The van der Waals surface area contributed by atoms with Crippen molar-refractivity contribution >= 4 is 5.69 Å². The van der Waals surface area contributed by atoms with Crippen molar-refractivity contribution in [3.05, 3.63) is 57.9 Å². The predicted molar refractivity (Wildman–Crippen MR) is 70.8 cm³/mol. The molecule has 2 aromatic carbocycles. The number of para-hydroxylation sites is 1. The molecule has 0 amide bonds. The number of halogens is 1. The van der Waals surface area contributed by atoms with Gasteiger partial charge in [0.2, 0.25) is 11.6 Å². The first-order valence-corrected chi connectivity index (χ1v) is 5.75. The summed E-state index contributed by atoms with van der Waals surface area (Å²) in [6, 6.07) is 9.73. The van der Waals surface area contributed by atoms with Gasteiger partial charge in [-0.1, -0.05) is 6.07 Å². The van der Waals surface area contributed by atoms with Crippen LogP contribution < -0.4 is 9.47 Å². The summed E-state index contributed by atoms with van der Waals surface area (Å²) in [5.41, 5.74) is -0.512. The summed E-state index contributed by atoms with van der Waals surface area (Å²) in [5, 5.41) is 19.8. The lowest BCUT2D eigenvalue weighted by Gasteiger charge is -2.08. The van der Waals surface area contributed by atoms with E-state index >= 15 is 0 Å². The SMILES string of the molecule is COc1cc(C#N)cc(Oc2cccc(F)c2[N+](=O)[O-])c1. The molecule has 2 rings (SSSR count). The Hall–Kier alpha value is -3.14. The van der Waals surface area contributed by atoms with Crippen molar-refractivity contribution in [2.75, 3.05) is 7.11 Å². The lowest BCUT2D eigenvalue weighted by molar-refractivity contribution is -0.388. The van der Waals surface area contributed by atoms with Gasteiger partial charge in [0.1, 0.15) is 11.5 Å². The molecule has 21 heavy (non-hydrogen) atoms. The molecule has 0 fully saturated rings. The summed E-state index contributed by atoms with van der Waals surface area (Å²) in [6.45, 7) is 0. The van der Waals surface area contributed by atoms with Crippen molar-refractivity contribution < 1.29 is 18.8 Å². The van der Waals surface area contributed by atoms with Crippen molar-refractivity contribution in [3.8, 4) is 23.3 Å². The van der Waals surface area contributed by atoms with Crippen molar-refractivity contribution in [2.45, 2.75) is 0 Å². The fraction of sp³-hybridized carbons (Fsp3) is 0.0714. The van der Waals surface area contributed by atoms with Gasteiger partial charge in [-0.15, -0.1) is 0 Å². The van der Waals surface area contributed by atoms with Gasteiger partial charge in [-0.3, -0.25) is 10.1 Å². The van der Waals surface area contributed by atoms with E-state index in [2.05, 4.69) is 0 Å². The molecule has 0 N–H and O–H groups in total. The molecule has 0 radical (unpaired) electrons. The van der Waals surface area contributed by atoms with E-state index in [9.17, 15) is 14.5 Å². The Labute approximate surface area is 119 Å². The van der Waals surface area contributed by atoms with Crippen LogP contribution in [-0.2, 0) is 0 Å². The van der Waals surface area contributed by atoms with Crippen LogP contribution in [0.2, 0.25) is 0 Å². The number of rotatable bonds is 4. The van der Waals surface area contributed by atoms with Gasteiger partial charge >= 0.3 is 5.69 Å². The van der Waals surface area contributed by atoms with E-state index in [1.165, 1.54) is 37.4 Å². The van der Waals surface area contributed by atoms with Crippen LogP contribution in [0.5, 0.6) is 17.2 Å². The number of nitrogens with zero attached hydrogens (tertiary/aromatic N) is 2. The van der Waals surface area contributed by atoms with Crippen molar-refractivity contribution in [2.24, 2.45) is 0 Å². The highest BCUT2D eigenvalue weighted by Gasteiger charge is 2.22. The third-order valence-corrected chi connectivity index (χ3v) is 2.60. The van der Waals surface area contributed by atoms with Crippen LogP contribution in [0.15, 0.2) is 36.4 Å². The summed E-state index contributed by atoms with van der Waals surface area (Å²) in [6.07, 6.45) is 0. The fourth-order valence-corrected chi connectivity index (χ4v) is 1.70. The van der Waals surface area contributed by atoms with Crippen LogP contribution in [0.4, 0.5) is 10.1 Å². The smallest absolute Gasteiger partial charge is 0.346 e. The highest BCUT2D eigenvalue weighted by Crippen LogP contribution is 2.34. The maximum Gasteiger partial charge on any atom is 0.346 e. The number of ether oxygens (including phenoxy) is 2. The number of nitriles is 1. The monoisotopic (exact) mass is 288 g/mol. The third kappa shape index (κ3) is 3.06. The topological polar surface area (TPSA) is 85.4 Å². The molecule has 0 saturated carbocycles. The van der Waals surface area contributed by atoms with Crippen LogP contribution in [0, 0.1) is 27.3 Å². The lowest BCUT2D eigenvalue weighted by atomic mass is 10.2. The average Bonchev–Trinajstić information content (AvgIpc) is 2.46. The molecule has 0 unspecified atom stereocenters. The minimum Gasteiger partial charge on any atom is -0.497 e. The molecule has 0 aliphatic rings. The molecule has 0 spiro atoms. The maximum atomic E-state index is 13.5. The second-order valence-corrected chi connectivity index (χ2v) is 3.95. The van der Waals surface area contributed by atoms with E-state index < -0.39 is 16.4 Å². The predicted octanol–water partition coefficient (Wildman–Crippen LogP) is 3.41. The molecule has 106 valence electrons. The molecule has 0 heterocycles. The number of nitro benzene ring substituents is 1. The first-order valence-electron chi connectivity index (χ1n) is 5.75. The van der Waals surface area contributed by atoms with E-state index in [0.717, 1.165) is 6.07 Å². The van der Waals surface area contributed by atoms with Crippen LogP contribution >= 0.6 is 0 Å². The Kier molecular flexibility index (Phi) is 4.00. The van der Waals surface area contributed by atoms with Gasteiger partial charge in [-0.05, 0) is 24.3 Å². The molecule has 0 bridgehead atoms. The molecule has 0 saturated heterocycles. The summed E-state index contributed by atoms with van der Waals surface area (Å²) < 4.78 is 23.8. The largest absolute Gasteiger partial charge is 0.497 e. The van der Waals surface area contributed by atoms with E-state index in [1.807, 2.05) is 6.07 Å². The molecule has 0 aliphatic heterocycles. The molecular weight excluding hydrogens is 279 g/mol. The second kappa shape index (κ2) is 5.88. The van der Waals surface area contributed by atoms with Crippen LogP contribution in [0.3, 0.4) is 0 Å². The molecule has 2 aromatic rings. The van der Waals surface area contributed by atoms with E-state index in [1.54, 1.807) is 0 Å². The Balaban J connectivity index is 2.46. The van der Waals surface area contributed by atoms with Gasteiger partial charge in [0, 0.05) is 6.07 Å². The lowest BCUT2D eigenvalue weighted by Crippen LogP contribution is -1.97. The molecule has 0 aromatic heterocycles. The highest BCUT2D eigenvalue weighted by molar-refractivity contribution is 5.51. The molecule has 0 aliphatic carbocycles. The van der Waals surface area contributed by atoms with E-state index in [4.69, 9.17) is 14.7 Å². The van der Waals surface area contributed by atoms with Crippen LogP contribution in [-0.4, -0.2) is 12.0 Å². The Morgan fingerprint density at radius 2 is 2.00 bits per heavy atom. The number of nitro groups is 1. The van der Waals surface area contributed by atoms with E-state index in [-0.39, 0.29) is 17.1 Å². The average molecular weight is 288 g/mol. The standard InChI is InChI=1S/C14H9FN2O4/c1-20-10-5-9(8-16)6-11(7-10)21-13-4-2-3-12(15)14(13)17(18)19/h2-7H,1H3. The maximum absolute atomic E-state index is 13.5.